The first-order valence-electron chi connectivity index (χ1n) is 6.01. The van der Waals surface area contributed by atoms with E-state index >= 15 is 0 Å². The molecule has 0 aromatic heterocycles. The molecule has 0 fully saturated rings. The van der Waals surface area contributed by atoms with Crippen molar-refractivity contribution in [2.24, 2.45) is 0 Å². The molecule has 1 atom stereocenters. The van der Waals surface area contributed by atoms with Crippen molar-refractivity contribution in [3.05, 3.63) is 11.6 Å². The largest absolute Gasteiger partial charge is 0.415 e. The highest BCUT2D eigenvalue weighted by molar-refractivity contribution is 6.74. The second-order valence-corrected chi connectivity index (χ2v) is 12.1. The number of nitrogens with zero attached hydrogens (tertiary/aromatic N) is 1. The Morgan fingerprint density at radius 1 is 1.39 bits per heavy atom. The Hall–Kier alpha value is -0.0131. The number of alkyl halides is 1. The minimum Gasteiger partial charge on any atom is -0.415 e. The molecule has 0 rings (SSSR count). The van der Waals surface area contributed by atoms with Gasteiger partial charge in [0.25, 0.3) is 0 Å². The Morgan fingerprint density at radius 3 is 2.22 bits per heavy atom. The number of rotatable bonds is 6. The van der Waals surface area contributed by atoms with Gasteiger partial charge in [0.1, 0.15) is 4.87 Å². The van der Waals surface area contributed by atoms with E-state index in [1.54, 1.807) is 0 Å². The van der Waals surface area contributed by atoms with Gasteiger partial charge in [0, 0.05) is 11.5 Å². The molecule has 0 N–H and O–H groups in total. The highest BCUT2D eigenvalue weighted by Gasteiger charge is 2.40. The molecule has 0 aromatic carbocycles. The molecule has 5 heteroatoms. The second kappa shape index (κ2) is 6.43. The summed E-state index contributed by atoms with van der Waals surface area (Å²) in [6.07, 6.45) is 0.804. The molecule has 1 unspecified atom stereocenters. The predicted octanol–water partition coefficient (Wildman–Crippen LogP) is 5.04. The van der Waals surface area contributed by atoms with Gasteiger partial charge in [0.05, 0.1) is 12.7 Å². The lowest BCUT2D eigenvalue weighted by molar-refractivity contribution is 0.256. The zero-order valence-corrected chi connectivity index (χ0v) is 14.5. The first kappa shape index (κ1) is 18.0. The molecule has 0 amide bonds. The SMILES string of the molecule is C=C(Cl)C(Cl)(CCC#N)CO[Si](C)(C)C(C)(C)C. The smallest absolute Gasteiger partial charge is 0.192 e. The van der Waals surface area contributed by atoms with Gasteiger partial charge < -0.3 is 4.43 Å². The summed E-state index contributed by atoms with van der Waals surface area (Å²) < 4.78 is 6.07. The van der Waals surface area contributed by atoms with Crippen LogP contribution in [0.2, 0.25) is 18.1 Å². The van der Waals surface area contributed by atoms with E-state index in [9.17, 15) is 0 Å². The van der Waals surface area contributed by atoms with Crippen molar-refractivity contribution >= 4 is 31.5 Å². The Kier molecular flexibility index (Phi) is 6.42. The van der Waals surface area contributed by atoms with Crippen LogP contribution in [-0.2, 0) is 4.43 Å². The third kappa shape index (κ3) is 4.93. The number of hydrogen-bond donors (Lipinski definition) is 0. The van der Waals surface area contributed by atoms with Crippen molar-refractivity contribution in [3.63, 3.8) is 0 Å². The quantitative estimate of drug-likeness (QED) is 0.508. The summed E-state index contributed by atoms with van der Waals surface area (Å²) in [6, 6.07) is 2.08. The van der Waals surface area contributed by atoms with Crippen LogP contribution >= 0.6 is 23.2 Å². The van der Waals surface area contributed by atoms with Crippen LogP contribution in [0.15, 0.2) is 11.6 Å². The predicted molar refractivity (Wildman–Crippen MR) is 81.6 cm³/mol. The standard InChI is InChI=1S/C13H23Cl2NOSi/c1-11(14)13(15,8-7-9-16)10-17-18(5,6)12(2,3)4/h1,7-8,10H2,2-6H3. The minimum atomic E-state index is -1.87. The van der Waals surface area contributed by atoms with Crippen LogP contribution in [-0.4, -0.2) is 19.8 Å². The van der Waals surface area contributed by atoms with Gasteiger partial charge >= 0.3 is 0 Å². The molecule has 0 bridgehead atoms. The maximum Gasteiger partial charge on any atom is 0.192 e. The topological polar surface area (TPSA) is 33.0 Å². The van der Waals surface area contributed by atoms with Gasteiger partial charge in [0.15, 0.2) is 8.32 Å². The average molecular weight is 308 g/mol. The summed E-state index contributed by atoms with van der Waals surface area (Å²) in [4.78, 5) is -0.840. The van der Waals surface area contributed by atoms with Gasteiger partial charge in [-0.25, -0.2) is 0 Å². The summed E-state index contributed by atoms with van der Waals surface area (Å²) in [7, 11) is -1.87. The summed E-state index contributed by atoms with van der Waals surface area (Å²) in [5.41, 5.74) is 0. The maximum atomic E-state index is 8.66. The van der Waals surface area contributed by atoms with Gasteiger partial charge in [-0.3, -0.25) is 0 Å². The van der Waals surface area contributed by atoms with Crippen LogP contribution in [0, 0.1) is 11.3 Å². The Bertz CT molecular complexity index is 344. The van der Waals surface area contributed by atoms with Crippen LogP contribution in [0.3, 0.4) is 0 Å². The molecule has 0 aliphatic heterocycles. The normalized spacial score (nSPS) is 15.9. The molecule has 0 spiro atoms. The van der Waals surface area contributed by atoms with Gasteiger partial charge in [-0.1, -0.05) is 39.0 Å². The van der Waals surface area contributed by atoms with Crippen molar-refractivity contribution < 1.29 is 4.43 Å². The lowest BCUT2D eigenvalue weighted by Gasteiger charge is -2.39. The van der Waals surface area contributed by atoms with Crippen LogP contribution in [0.1, 0.15) is 33.6 Å². The Balaban J connectivity index is 4.74. The van der Waals surface area contributed by atoms with E-state index in [1.807, 2.05) is 0 Å². The number of nitriles is 1. The van der Waals surface area contributed by atoms with Crippen molar-refractivity contribution in [2.45, 2.75) is 56.6 Å². The minimum absolute atomic E-state index is 0.119. The van der Waals surface area contributed by atoms with E-state index in [-0.39, 0.29) is 5.04 Å². The van der Waals surface area contributed by atoms with Gasteiger partial charge in [-0.15, -0.1) is 11.6 Å². The Morgan fingerprint density at radius 2 is 1.89 bits per heavy atom. The fourth-order valence-electron chi connectivity index (χ4n) is 1.05. The van der Waals surface area contributed by atoms with E-state index in [0.29, 0.717) is 24.5 Å². The van der Waals surface area contributed by atoms with Crippen LogP contribution in [0.25, 0.3) is 0 Å². The van der Waals surface area contributed by atoms with Crippen molar-refractivity contribution in [1.29, 1.82) is 5.26 Å². The molecule has 104 valence electrons. The van der Waals surface area contributed by atoms with Crippen molar-refractivity contribution in [3.8, 4) is 6.07 Å². The third-order valence-corrected chi connectivity index (χ3v) is 9.05. The first-order valence-corrected chi connectivity index (χ1v) is 9.67. The van der Waals surface area contributed by atoms with Gasteiger partial charge in [0.2, 0.25) is 0 Å². The first-order chi connectivity index (χ1) is 7.96. The van der Waals surface area contributed by atoms with Gasteiger partial charge in [-0.2, -0.15) is 5.26 Å². The lowest BCUT2D eigenvalue weighted by Crippen LogP contribution is -2.44. The molecule has 0 saturated carbocycles. The van der Waals surface area contributed by atoms with E-state index in [4.69, 9.17) is 32.9 Å². The molecular formula is C13H23Cl2NOSi. The summed E-state index contributed by atoms with van der Waals surface area (Å²) in [6.45, 7) is 14.8. The molecule has 2 nitrogen and oxygen atoms in total. The number of halogens is 2. The highest BCUT2D eigenvalue weighted by atomic mass is 35.5. The van der Waals surface area contributed by atoms with E-state index in [1.165, 1.54) is 0 Å². The molecule has 0 radical (unpaired) electrons. The maximum absolute atomic E-state index is 8.66. The fraction of sp³-hybridized carbons (Fsp3) is 0.769. The second-order valence-electron chi connectivity index (χ2n) is 6.08. The van der Waals surface area contributed by atoms with E-state index in [0.717, 1.165) is 0 Å². The van der Waals surface area contributed by atoms with Crippen LogP contribution in [0.5, 0.6) is 0 Å². The highest BCUT2D eigenvalue weighted by Crippen LogP contribution is 2.39. The lowest BCUT2D eigenvalue weighted by atomic mass is 10.0. The Labute approximate surface area is 122 Å². The number of hydrogen-bond acceptors (Lipinski definition) is 2. The van der Waals surface area contributed by atoms with Crippen molar-refractivity contribution in [1.82, 2.24) is 0 Å². The van der Waals surface area contributed by atoms with E-state index < -0.39 is 13.2 Å². The van der Waals surface area contributed by atoms with Gasteiger partial charge in [-0.05, 0) is 24.6 Å². The molecular weight excluding hydrogens is 285 g/mol. The molecule has 0 saturated heterocycles. The van der Waals surface area contributed by atoms with Crippen LogP contribution in [0.4, 0.5) is 0 Å². The van der Waals surface area contributed by atoms with E-state index in [2.05, 4.69) is 46.5 Å². The summed E-state index contributed by atoms with van der Waals surface area (Å²) in [5.74, 6) is 0. The average Bonchev–Trinajstić information content (AvgIpc) is 2.22. The van der Waals surface area contributed by atoms with Crippen molar-refractivity contribution in [2.75, 3.05) is 6.61 Å². The third-order valence-electron chi connectivity index (χ3n) is 3.59. The van der Waals surface area contributed by atoms with Crippen LogP contribution < -0.4 is 0 Å². The zero-order valence-electron chi connectivity index (χ0n) is 11.9. The monoisotopic (exact) mass is 307 g/mol. The molecule has 0 aromatic rings. The summed E-state index contributed by atoms with van der Waals surface area (Å²) >= 11 is 12.4. The fourth-order valence-corrected chi connectivity index (χ4v) is 2.48. The molecule has 18 heavy (non-hydrogen) atoms. The molecule has 0 aliphatic carbocycles. The molecule has 0 heterocycles. The zero-order chi connectivity index (χ0) is 14.6. The molecule has 0 aliphatic rings. The summed E-state index contributed by atoms with van der Waals surface area (Å²) in [5, 5.41) is 9.12.